The van der Waals surface area contributed by atoms with E-state index in [1.54, 1.807) is 18.3 Å². The lowest BCUT2D eigenvalue weighted by Crippen LogP contribution is -2.23. The molecule has 0 aliphatic carbocycles. The normalized spacial score (nSPS) is 10.5. The van der Waals surface area contributed by atoms with Crippen LogP contribution in [0, 0.1) is 5.82 Å². The maximum Gasteiger partial charge on any atom is 0.129 e. The van der Waals surface area contributed by atoms with Crippen molar-refractivity contribution in [1.82, 2.24) is 4.98 Å². The van der Waals surface area contributed by atoms with Gasteiger partial charge in [0, 0.05) is 24.3 Å². The van der Waals surface area contributed by atoms with Crippen LogP contribution in [0.3, 0.4) is 0 Å². The standard InChI is InChI=1S/C19H16ClFN2/c20-17-5-3-4-16(12-17)14-23(19-6-1-2-11-22-19)13-15-7-9-18(21)10-8-15/h1-12H,13-14H2. The van der Waals surface area contributed by atoms with Crippen molar-refractivity contribution in [2.24, 2.45) is 0 Å². The van der Waals surface area contributed by atoms with Gasteiger partial charge in [0.25, 0.3) is 0 Å². The number of benzene rings is 2. The van der Waals surface area contributed by atoms with Crippen molar-refractivity contribution in [1.29, 1.82) is 0 Å². The lowest BCUT2D eigenvalue weighted by molar-refractivity contribution is 0.626. The first-order valence-corrected chi connectivity index (χ1v) is 7.73. The van der Waals surface area contributed by atoms with Gasteiger partial charge in [0.1, 0.15) is 11.6 Å². The summed E-state index contributed by atoms with van der Waals surface area (Å²) in [6.45, 7) is 1.32. The number of aromatic nitrogens is 1. The molecular formula is C19H16ClFN2. The Kier molecular flexibility index (Phi) is 4.89. The number of hydrogen-bond donors (Lipinski definition) is 0. The SMILES string of the molecule is Fc1ccc(CN(Cc2cccc(Cl)c2)c2ccccn2)cc1. The van der Waals surface area contributed by atoms with Crippen molar-refractivity contribution in [3.05, 3.63) is 94.9 Å². The summed E-state index contributed by atoms with van der Waals surface area (Å²) in [6, 6.07) is 20.1. The summed E-state index contributed by atoms with van der Waals surface area (Å²) in [5.74, 6) is 0.643. The molecule has 4 heteroatoms. The fourth-order valence-electron chi connectivity index (χ4n) is 2.42. The summed E-state index contributed by atoms with van der Waals surface area (Å²) >= 11 is 6.08. The predicted molar refractivity (Wildman–Crippen MR) is 92.0 cm³/mol. The van der Waals surface area contributed by atoms with Crippen molar-refractivity contribution in [2.75, 3.05) is 4.90 Å². The van der Waals surface area contributed by atoms with Gasteiger partial charge in [-0.2, -0.15) is 0 Å². The third-order valence-electron chi connectivity index (χ3n) is 3.52. The summed E-state index contributed by atoms with van der Waals surface area (Å²) in [5.41, 5.74) is 2.13. The van der Waals surface area contributed by atoms with Gasteiger partial charge in [-0.05, 0) is 47.5 Å². The zero-order valence-corrected chi connectivity index (χ0v) is 13.2. The minimum absolute atomic E-state index is 0.229. The lowest BCUT2D eigenvalue weighted by atomic mass is 10.1. The van der Waals surface area contributed by atoms with Crippen LogP contribution in [-0.4, -0.2) is 4.98 Å². The molecule has 0 saturated heterocycles. The molecule has 2 nitrogen and oxygen atoms in total. The van der Waals surface area contributed by atoms with Gasteiger partial charge in [-0.25, -0.2) is 9.37 Å². The van der Waals surface area contributed by atoms with Crippen LogP contribution < -0.4 is 4.90 Å². The number of halogens is 2. The number of anilines is 1. The van der Waals surface area contributed by atoms with Crippen LogP contribution in [0.25, 0.3) is 0 Å². The Balaban J connectivity index is 1.86. The highest BCUT2D eigenvalue weighted by atomic mass is 35.5. The average molecular weight is 327 g/mol. The molecule has 3 rings (SSSR count). The predicted octanol–water partition coefficient (Wildman–Crippen LogP) is 5.08. The molecule has 116 valence electrons. The number of rotatable bonds is 5. The molecule has 0 bridgehead atoms. The first-order chi connectivity index (χ1) is 11.2. The van der Waals surface area contributed by atoms with E-state index in [1.807, 2.05) is 42.5 Å². The molecule has 1 heterocycles. The molecule has 1 aromatic heterocycles. The van der Waals surface area contributed by atoms with E-state index in [1.165, 1.54) is 12.1 Å². The number of nitrogens with zero attached hydrogens (tertiary/aromatic N) is 2. The smallest absolute Gasteiger partial charge is 0.129 e. The molecule has 0 aliphatic heterocycles. The fraction of sp³-hybridized carbons (Fsp3) is 0.105. The van der Waals surface area contributed by atoms with Crippen molar-refractivity contribution in [3.8, 4) is 0 Å². The molecule has 0 radical (unpaired) electrons. The summed E-state index contributed by atoms with van der Waals surface area (Å²) in [5, 5.41) is 0.713. The summed E-state index contributed by atoms with van der Waals surface area (Å²) in [7, 11) is 0. The van der Waals surface area contributed by atoms with E-state index in [4.69, 9.17) is 11.6 Å². The van der Waals surface area contributed by atoms with Crippen LogP contribution in [0.5, 0.6) is 0 Å². The van der Waals surface area contributed by atoms with E-state index < -0.39 is 0 Å². The van der Waals surface area contributed by atoms with Gasteiger partial charge < -0.3 is 4.90 Å². The largest absolute Gasteiger partial charge is 0.348 e. The van der Waals surface area contributed by atoms with Crippen molar-refractivity contribution in [2.45, 2.75) is 13.1 Å². The molecule has 0 saturated carbocycles. The molecule has 0 fully saturated rings. The fourth-order valence-corrected chi connectivity index (χ4v) is 2.64. The van der Waals surface area contributed by atoms with Crippen LogP contribution in [0.15, 0.2) is 72.9 Å². The summed E-state index contributed by atoms with van der Waals surface area (Å²) in [6.07, 6.45) is 1.77. The quantitative estimate of drug-likeness (QED) is 0.650. The van der Waals surface area contributed by atoms with Crippen molar-refractivity contribution >= 4 is 17.4 Å². The molecule has 0 spiro atoms. The minimum Gasteiger partial charge on any atom is -0.348 e. The monoisotopic (exact) mass is 326 g/mol. The molecule has 0 aliphatic rings. The molecule has 23 heavy (non-hydrogen) atoms. The molecule has 0 amide bonds. The lowest BCUT2D eigenvalue weighted by Gasteiger charge is -2.24. The molecule has 2 aromatic carbocycles. The highest BCUT2D eigenvalue weighted by Gasteiger charge is 2.10. The molecule has 0 atom stereocenters. The van der Waals surface area contributed by atoms with E-state index in [-0.39, 0.29) is 5.82 Å². The maximum absolute atomic E-state index is 13.1. The van der Waals surface area contributed by atoms with Gasteiger partial charge in [0.15, 0.2) is 0 Å². The van der Waals surface area contributed by atoms with Crippen molar-refractivity contribution < 1.29 is 4.39 Å². The molecular weight excluding hydrogens is 311 g/mol. The van der Waals surface area contributed by atoms with E-state index in [0.717, 1.165) is 16.9 Å². The summed E-state index contributed by atoms with van der Waals surface area (Å²) in [4.78, 5) is 6.57. The zero-order valence-electron chi connectivity index (χ0n) is 12.5. The maximum atomic E-state index is 13.1. The topological polar surface area (TPSA) is 16.1 Å². The van der Waals surface area contributed by atoms with Crippen LogP contribution in [0.2, 0.25) is 5.02 Å². The Morgan fingerprint density at radius 2 is 1.65 bits per heavy atom. The minimum atomic E-state index is -0.229. The van der Waals surface area contributed by atoms with Gasteiger partial charge >= 0.3 is 0 Å². The number of hydrogen-bond acceptors (Lipinski definition) is 2. The second-order valence-corrected chi connectivity index (χ2v) is 5.74. The second kappa shape index (κ2) is 7.25. The van der Waals surface area contributed by atoms with Gasteiger partial charge in [-0.15, -0.1) is 0 Å². The average Bonchev–Trinajstić information content (AvgIpc) is 2.57. The Bertz CT molecular complexity index is 760. The molecule has 0 N–H and O–H groups in total. The van der Waals surface area contributed by atoms with Crippen LogP contribution in [-0.2, 0) is 13.1 Å². The molecule has 0 unspecified atom stereocenters. The van der Waals surface area contributed by atoms with E-state index in [2.05, 4.69) is 9.88 Å². The Morgan fingerprint density at radius 3 is 2.35 bits per heavy atom. The van der Waals surface area contributed by atoms with Crippen LogP contribution in [0.4, 0.5) is 10.2 Å². The highest BCUT2D eigenvalue weighted by molar-refractivity contribution is 6.30. The Morgan fingerprint density at radius 1 is 0.870 bits per heavy atom. The summed E-state index contributed by atoms with van der Waals surface area (Å²) < 4.78 is 13.1. The third kappa shape index (κ3) is 4.30. The third-order valence-corrected chi connectivity index (χ3v) is 3.76. The first kappa shape index (κ1) is 15.5. The van der Waals surface area contributed by atoms with Gasteiger partial charge in [0.2, 0.25) is 0 Å². The van der Waals surface area contributed by atoms with Gasteiger partial charge in [0.05, 0.1) is 0 Å². The number of pyridine rings is 1. The van der Waals surface area contributed by atoms with E-state index in [0.29, 0.717) is 18.1 Å². The Hall–Kier alpha value is -2.39. The zero-order chi connectivity index (χ0) is 16.1. The van der Waals surface area contributed by atoms with Crippen LogP contribution in [0.1, 0.15) is 11.1 Å². The Labute approximate surface area is 140 Å². The highest BCUT2D eigenvalue weighted by Crippen LogP contribution is 2.19. The van der Waals surface area contributed by atoms with Crippen molar-refractivity contribution in [3.63, 3.8) is 0 Å². The van der Waals surface area contributed by atoms with Gasteiger partial charge in [-0.3, -0.25) is 0 Å². The first-order valence-electron chi connectivity index (χ1n) is 7.35. The van der Waals surface area contributed by atoms with E-state index in [9.17, 15) is 4.39 Å². The molecule has 3 aromatic rings. The second-order valence-electron chi connectivity index (χ2n) is 5.30. The van der Waals surface area contributed by atoms with Crippen LogP contribution >= 0.6 is 11.6 Å². The van der Waals surface area contributed by atoms with Gasteiger partial charge in [-0.1, -0.05) is 41.9 Å². The van der Waals surface area contributed by atoms with E-state index >= 15 is 0 Å².